The van der Waals surface area contributed by atoms with E-state index in [0.717, 1.165) is 6.08 Å². The number of carbonyl (C=O) groups is 2. The molecular formula is C11H10O3. The molecule has 0 amide bonds. The SMILES string of the molecule is C=CC(=O)c1ccc(C(C)=O)c(O)c1. The third-order valence-corrected chi connectivity index (χ3v) is 1.85. The first kappa shape index (κ1) is 10.2. The Kier molecular flexibility index (Phi) is 2.82. The van der Waals surface area contributed by atoms with Crippen LogP contribution in [0.1, 0.15) is 27.6 Å². The second kappa shape index (κ2) is 3.87. The number of benzene rings is 1. The van der Waals surface area contributed by atoms with E-state index in [4.69, 9.17) is 0 Å². The number of aromatic hydroxyl groups is 1. The second-order valence-corrected chi connectivity index (χ2v) is 2.86. The minimum atomic E-state index is -0.282. The molecule has 1 rings (SSSR count). The van der Waals surface area contributed by atoms with Gasteiger partial charge in [-0.05, 0) is 25.1 Å². The van der Waals surface area contributed by atoms with Gasteiger partial charge >= 0.3 is 0 Å². The van der Waals surface area contributed by atoms with Crippen molar-refractivity contribution in [2.45, 2.75) is 6.92 Å². The molecule has 0 atom stereocenters. The van der Waals surface area contributed by atoms with Crippen LogP contribution >= 0.6 is 0 Å². The maximum absolute atomic E-state index is 11.1. The Balaban J connectivity index is 3.19. The summed E-state index contributed by atoms with van der Waals surface area (Å²) in [4.78, 5) is 22.1. The molecule has 0 aromatic heterocycles. The van der Waals surface area contributed by atoms with Crippen LogP contribution < -0.4 is 0 Å². The van der Waals surface area contributed by atoms with Crippen molar-refractivity contribution in [2.75, 3.05) is 0 Å². The second-order valence-electron chi connectivity index (χ2n) is 2.86. The maximum Gasteiger partial charge on any atom is 0.185 e. The van der Waals surface area contributed by atoms with E-state index >= 15 is 0 Å². The molecule has 0 unspecified atom stereocenters. The van der Waals surface area contributed by atoms with Gasteiger partial charge in [0, 0.05) is 5.56 Å². The van der Waals surface area contributed by atoms with Gasteiger partial charge in [-0.15, -0.1) is 0 Å². The monoisotopic (exact) mass is 190 g/mol. The number of Topliss-reactive ketones (excluding diaryl/α,β-unsaturated/α-hetero) is 1. The Hall–Kier alpha value is -1.90. The number of hydrogen-bond donors (Lipinski definition) is 1. The Morgan fingerprint density at radius 1 is 1.43 bits per heavy atom. The standard InChI is InChI=1S/C11H10O3/c1-3-10(13)8-4-5-9(7(2)12)11(14)6-8/h3-6,14H,1H2,2H3. The lowest BCUT2D eigenvalue weighted by atomic mass is 10.0. The van der Waals surface area contributed by atoms with Crippen LogP contribution in [-0.4, -0.2) is 16.7 Å². The number of allylic oxidation sites excluding steroid dienone is 1. The predicted molar refractivity (Wildman–Crippen MR) is 52.6 cm³/mol. The summed E-state index contributed by atoms with van der Waals surface area (Å²) in [5, 5.41) is 9.40. The van der Waals surface area contributed by atoms with Gasteiger partial charge in [0.05, 0.1) is 5.56 Å². The zero-order chi connectivity index (χ0) is 10.7. The van der Waals surface area contributed by atoms with Crippen molar-refractivity contribution in [1.82, 2.24) is 0 Å². The fourth-order valence-corrected chi connectivity index (χ4v) is 1.10. The van der Waals surface area contributed by atoms with E-state index in [1.54, 1.807) is 0 Å². The lowest BCUT2D eigenvalue weighted by molar-refractivity contribution is 0.101. The highest BCUT2D eigenvalue weighted by Gasteiger charge is 2.09. The zero-order valence-electron chi connectivity index (χ0n) is 7.78. The van der Waals surface area contributed by atoms with Gasteiger partial charge in [0.1, 0.15) is 5.75 Å². The molecule has 0 saturated heterocycles. The van der Waals surface area contributed by atoms with E-state index in [9.17, 15) is 14.7 Å². The molecule has 3 nitrogen and oxygen atoms in total. The fraction of sp³-hybridized carbons (Fsp3) is 0.0909. The van der Waals surface area contributed by atoms with Crippen molar-refractivity contribution in [3.63, 3.8) is 0 Å². The van der Waals surface area contributed by atoms with Gasteiger partial charge in [-0.25, -0.2) is 0 Å². The summed E-state index contributed by atoms with van der Waals surface area (Å²) in [6.45, 7) is 4.68. The van der Waals surface area contributed by atoms with Gasteiger partial charge in [-0.3, -0.25) is 9.59 Å². The van der Waals surface area contributed by atoms with Gasteiger partial charge in [-0.2, -0.15) is 0 Å². The smallest absolute Gasteiger partial charge is 0.185 e. The van der Waals surface area contributed by atoms with Crippen LogP contribution in [0.3, 0.4) is 0 Å². The van der Waals surface area contributed by atoms with Crippen LogP contribution in [0, 0.1) is 0 Å². The number of phenols is 1. The van der Waals surface area contributed by atoms with Crippen molar-refractivity contribution in [1.29, 1.82) is 0 Å². The largest absolute Gasteiger partial charge is 0.507 e. The number of phenolic OH excluding ortho intramolecular Hbond substituents is 1. The third-order valence-electron chi connectivity index (χ3n) is 1.85. The Labute approximate surface area is 81.7 Å². The molecular weight excluding hydrogens is 180 g/mol. The van der Waals surface area contributed by atoms with E-state index in [2.05, 4.69) is 6.58 Å². The number of carbonyl (C=O) groups excluding carboxylic acids is 2. The summed E-state index contributed by atoms with van der Waals surface area (Å²) in [6.07, 6.45) is 1.15. The summed E-state index contributed by atoms with van der Waals surface area (Å²) >= 11 is 0. The topological polar surface area (TPSA) is 54.4 Å². The number of hydrogen-bond acceptors (Lipinski definition) is 3. The van der Waals surface area contributed by atoms with E-state index < -0.39 is 0 Å². The first-order valence-corrected chi connectivity index (χ1v) is 4.07. The number of ketones is 2. The van der Waals surface area contributed by atoms with Crippen molar-refractivity contribution < 1.29 is 14.7 Å². The van der Waals surface area contributed by atoms with E-state index in [-0.39, 0.29) is 22.9 Å². The molecule has 0 bridgehead atoms. The van der Waals surface area contributed by atoms with Crippen LogP contribution in [0.25, 0.3) is 0 Å². The van der Waals surface area contributed by atoms with Crippen molar-refractivity contribution in [3.8, 4) is 5.75 Å². The highest BCUT2D eigenvalue weighted by atomic mass is 16.3. The van der Waals surface area contributed by atoms with E-state index in [1.165, 1.54) is 25.1 Å². The lowest BCUT2D eigenvalue weighted by Crippen LogP contribution is -1.97. The summed E-state index contributed by atoms with van der Waals surface area (Å²) < 4.78 is 0. The molecule has 0 heterocycles. The zero-order valence-corrected chi connectivity index (χ0v) is 7.78. The minimum absolute atomic E-state index is 0.176. The fourth-order valence-electron chi connectivity index (χ4n) is 1.10. The molecule has 0 aliphatic heterocycles. The molecule has 0 saturated carbocycles. The van der Waals surface area contributed by atoms with Crippen molar-refractivity contribution >= 4 is 11.6 Å². The Morgan fingerprint density at radius 2 is 2.07 bits per heavy atom. The molecule has 14 heavy (non-hydrogen) atoms. The summed E-state index contributed by atoms with van der Waals surface area (Å²) in [5.74, 6) is -0.694. The van der Waals surface area contributed by atoms with Crippen LogP contribution in [-0.2, 0) is 0 Å². The molecule has 0 aliphatic rings. The van der Waals surface area contributed by atoms with Crippen molar-refractivity contribution in [3.05, 3.63) is 42.0 Å². The van der Waals surface area contributed by atoms with Gasteiger partial charge in [0.15, 0.2) is 11.6 Å². The molecule has 3 heteroatoms. The molecule has 72 valence electrons. The van der Waals surface area contributed by atoms with Crippen LogP contribution in [0.5, 0.6) is 5.75 Å². The first-order chi connectivity index (χ1) is 6.56. The molecule has 1 aromatic rings. The quantitative estimate of drug-likeness (QED) is 0.585. The Morgan fingerprint density at radius 3 is 2.50 bits per heavy atom. The highest BCUT2D eigenvalue weighted by Crippen LogP contribution is 2.19. The normalized spacial score (nSPS) is 9.50. The molecule has 0 aliphatic carbocycles. The molecule has 1 N–H and O–H groups in total. The average molecular weight is 190 g/mol. The lowest BCUT2D eigenvalue weighted by Gasteiger charge is -2.01. The molecule has 1 aromatic carbocycles. The molecule has 0 spiro atoms. The predicted octanol–water partition coefficient (Wildman–Crippen LogP) is 1.96. The summed E-state index contributed by atoms with van der Waals surface area (Å²) in [7, 11) is 0. The van der Waals surface area contributed by atoms with Gasteiger partial charge < -0.3 is 5.11 Å². The molecule has 0 fully saturated rings. The van der Waals surface area contributed by atoms with E-state index in [0.29, 0.717) is 5.56 Å². The van der Waals surface area contributed by atoms with Crippen molar-refractivity contribution in [2.24, 2.45) is 0 Å². The van der Waals surface area contributed by atoms with Crippen LogP contribution in [0.2, 0.25) is 0 Å². The Bertz CT molecular complexity index is 405. The summed E-state index contributed by atoms with van der Waals surface area (Å²) in [6, 6.07) is 4.18. The highest BCUT2D eigenvalue weighted by molar-refractivity contribution is 6.05. The number of rotatable bonds is 3. The van der Waals surface area contributed by atoms with Crippen LogP contribution in [0.4, 0.5) is 0 Å². The first-order valence-electron chi connectivity index (χ1n) is 4.07. The maximum atomic E-state index is 11.1. The van der Waals surface area contributed by atoms with Gasteiger partial charge in [-0.1, -0.05) is 12.6 Å². The average Bonchev–Trinajstić information content (AvgIpc) is 2.15. The third kappa shape index (κ3) is 1.88. The molecule has 0 radical (unpaired) electrons. The van der Waals surface area contributed by atoms with E-state index in [1.807, 2.05) is 0 Å². The summed E-state index contributed by atoms with van der Waals surface area (Å²) in [5.41, 5.74) is 0.535. The van der Waals surface area contributed by atoms with Gasteiger partial charge in [0.25, 0.3) is 0 Å². The van der Waals surface area contributed by atoms with Gasteiger partial charge in [0.2, 0.25) is 0 Å². The van der Waals surface area contributed by atoms with Crippen LogP contribution in [0.15, 0.2) is 30.9 Å². The minimum Gasteiger partial charge on any atom is -0.507 e.